The van der Waals surface area contributed by atoms with Crippen molar-refractivity contribution < 1.29 is 14.3 Å². The maximum Gasteiger partial charge on any atom is 0.417 e. The average Bonchev–Trinajstić information content (AvgIpc) is 2.60. The van der Waals surface area contributed by atoms with Gasteiger partial charge >= 0.3 is 6.09 Å². The van der Waals surface area contributed by atoms with Crippen molar-refractivity contribution in [1.82, 2.24) is 4.90 Å². The van der Waals surface area contributed by atoms with E-state index in [-0.39, 0.29) is 17.9 Å². The predicted octanol–water partition coefficient (Wildman–Crippen LogP) is 5.38. The molecule has 1 aliphatic rings. The molecule has 0 spiro atoms. The highest BCUT2D eigenvalue weighted by atomic mass is 16.6. The van der Waals surface area contributed by atoms with Gasteiger partial charge in [0.15, 0.2) is 0 Å². The Morgan fingerprint density at radius 1 is 1.00 bits per heavy atom. The fourth-order valence-corrected chi connectivity index (χ4v) is 3.58. The van der Waals surface area contributed by atoms with Crippen LogP contribution in [0.3, 0.4) is 0 Å². The zero-order chi connectivity index (χ0) is 19.6. The standard InChI is InChI=1S/C23H27NO3/c1-16-14-20(15-21(25)24(16)22(26)27-23(2,3)4)19-12-10-18(11-13-19)17-8-6-5-7-9-17/h5-13,16,20H,14-15H2,1-4H3/t16-,20+/m0/s1. The quantitative estimate of drug-likeness (QED) is 0.717. The minimum atomic E-state index is -0.610. The largest absolute Gasteiger partial charge is 0.443 e. The molecule has 2 aromatic carbocycles. The van der Waals surface area contributed by atoms with Crippen LogP contribution in [0.4, 0.5) is 4.79 Å². The van der Waals surface area contributed by atoms with Crippen molar-refractivity contribution in [2.75, 3.05) is 0 Å². The minimum Gasteiger partial charge on any atom is -0.443 e. The van der Waals surface area contributed by atoms with Crippen molar-refractivity contribution in [1.29, 1.82) is 0 Å². The van der Waals surface area contributed by atoms with Gasteiger partial charge in [0.25, 0.3) is 0 Å². The highest BCUT2D eigenvalue weighted by Crippen LogP contribution is 2.34. The summed E-state index contributed by atoms with van der Waals surface area (Å²) in [6.07, 6.45) is 0.530. The van der Waals surface area contributed by atoms with E-state index in [9.17, 15) is 9.59 Å². The van der Waals surface area contributed by atoms with Crippen LogP contribution in [0.1, 0.15) is 52.0 Å². The molecule has 1 heterocycles. The third kappa shape index (κ3) is 4.57. The third-order valence-electron chi connectivity index (χ3n) is 4.84. The Hall–Kier alpha value is -2.62. The van der Waals surface area contributed by atoms with E-state index >= 15 is 0 Å². The summed E-state index contributed by atoms with van der Waals surface area (Å²) in [6, 6.07) is 18.4. The van der Waals surface area contributed by atoms with Crippen LogP contribution in [0, 0.1) is 0 Å². The number of carbonyl (C=O) groups excluding carboxylic acids is 2. The number of piperidine rings is 1. The van der Waals surface area contributed by atoms with E-state index in [2.05, 4.69) is 36.4 Å². The summed E-state index contributed by atoms with van der Waals surface area (Å²) in [5.74, 6) is -0.0452. The molecule has 0 radical (unpaired) electrons. The Kier molecular flexibility index (Phi) is 5.36. The molecule has 2 atom stereocenters. The molecule has 4 heteroatoms. The normalized spacial score (nSPS) is 20.4. The molecular weight excluding hydrogens is 338 g/mol. The molecule has 142 valence electrons. The smallest absolute Gasteiger partial charge is 0.417 e. The van der Waals surface area contributed by atoms with Gasteiger partial charge < -0.3 is 4.74 Å². The van der Waals surface area contributed by atoms with Crippen LogP contribution in [-0.2, 0) is 9.53 Å². The molecule has 1 aliphatic heterocycles. The second kappa shape index (κ2) is 7.55. The van der Waals surface area contributed by atoms with Crippen LogP contribution in [0.2, 0.25) is 0 Å². The number of amides is 2. The fourth-order valence-electron chi connectivity index (χ4n) is 3.58. The summed E-state index contributed by atoms with van der Waals surface area (Å²) in [4.78, 5) is 26.3. The zero-order valence-electron chi connectivity index (χ0n) is 16.4. The Bertz CT molecular complexity index is 806. The summed E-state index contributed by atoms with van der Waals surface area (Å²) >= 11 is 0. The van der Waals surface area contributed by atoms with Crippen LogP contribution in [0.5, 0.6) is 0 Å². The van der Waals surface area contributed by atoms with Gasteiger partial charge in [-0.3, -0.25) is 4.79 Å². The molecule has 0 aromatic heterocycles. The van der Waals surface area contributed by atoms with E-state index in [0.717, 1.165) is 17.5 Å². The molecule has 0 unspecified atom stereocenters. The molecule has 2 amide bonds. The first-order valence-electron chi connectivity index (χ1n) is 9.45. The highest BCUT2D eigenvalue weighted by Gasteiger charge is 2.38. The summed E-state index contributed by atoms with van der Waals surface area (Å²) in [6.45, 7) is 7.33. The lowest BCUT2D eigenvalue weighted by Gasteiger charge is -2.36. The van der Waals surface area contributed by atoms with Gasteiger partial charge in [-0.05, 0) is 56.7 Å². The van der Waals surface area contributed by atoms with Gasteiger partial charge in [-0.15, -0.1) is 0 Å². The molecule has 1 saturated heterocycles. The summed E-state index contributed by atoms with van der Waals surface area (Å²) in [5.41, 5.74) is 2.86. The Morgan fingerprint density at radius 2 is 1.59 bits per heavy atom. The van der Waals surface area contributed by atoms with Crippen LogP contribution in [-0.4, -0.2) is 28.5 Å². The molecule has 27 heavy (non-hydrogen) atoms. The van der Waals surface area contributed by atoms with Crippen LogP contribution >= 0.6 is 0 Å². The molecule has 0 bridgehead atoms. The number of ether oxygens (including phenoxy) is 1. The van der Waals surface area contributed by atoms with Gasteiger partial charge in [0, 0.05) is 12.5 Å². The third-order valence-corrected chi connectivity index (χ3v) is 4.84. The van der Waals surface area contributed by atoms with Crippen LogP contribution in [0.25, 0.3) is 11.1 Å². The number of benzene rings is 2. The monoisotopic (exact) mass is 365 g/mol. The Labute approximate surface area is 161 Å². The molecule has 1 fully saturated rings. The number of likely N-dealkylation sites (tertiary alicyclic amines) is 1. The van der Waals surface area contributed by atoms with E-state index < -0.39 is 11.7 Å². The second-order valence-electron chi connectivity index (χ2n) is 8.22. The van der Waals surface area contributed by atoms with Gasteiger partial charge in [0.05, 0.1) is 0 Å². The lowest BCUT2D eigenvalue weighted by Crippen LogP contribution is -2.49. The predicted molar refractivity (Wildman–Crippen MR) is 106 cm³/mol. The minimum absolute atomic E-state index is 0.121. The second-order valence-corrected chi connectivity index (χ2v) is 8.22. The summed E-state index contributed by atoms with van der Waals surface area (Å²) in [7, 11) is 0. The summed E-state index contributed by atoms with van der Waals surface area (Å²) < 4.78 is 5.39. The maximum atomic E-state index is 12.6. The number of carbonyl (C=O) groups is 2. The Balaban J connectivity index is 1.71. The van der Waals surface area contributed by atoms with E-state index in [4.69, 9.17) is 4.74 Å². The fraction of sp³-hybridized carbons (Fsp3) is 0.391. The van der Waals surface area contributed by atoms with E-state index in [1.165, 1.54) is 10.5 Å². The van der Waals surface area contributed by atoms with E-state index in [1.807, 2.05) is 25.1 Å². The topological polar surface area (TPSA) is 46.6 Å². The first-order chi connectivity index (χ1) is 12.7. The van der Waals surface area contributed by atoms with Gasteiger partial charge in [-0.1, -0.05) is 54.6 Å². The van der Waals surface area contributed by atoms with Gasteiger partial charge in [-0.25, -0.2) is 9.69 Å². The van der Waals surface area contributed by atoms with Crippen molar-refractivity contribution in [2.45, 2.75) is 58.1 Å². The number of imide groups is 1. The van der Waals surface area contributed by atoms with Gasteiger partial charge in [0.2, 0.25) is 5.91 Å². The number of hydrogen-bond acceptors (Lipinski definition) is 3. The van der Waals surface area contributed by atoms with Crippen molar-refractivity contribution >= 4 is 12.0 Å². The van der Waals surface area contributed by atoms with Gasteiger partial charge in [0.1, 0.15) is 5.60 Å². The molecule has 4 nitrogen and oxygen atoms in total. The molecule has 2 aromatic rings. The summed E-state index contributed by atoms with van der Waals surface area (Å²) in [5, 5.41) is 0. The van der Waals surface area contributed by atoms with Crippen molar-refractivity contribution in [3.8, 4) is 11.1 Å². The molecular formula is C23H27NO3. The number of rotatable bonds is 2. The lowest BCUT2D eigenvalue weighted by atomic mass is 9.85. The molecule has 0 aliphatic carbocycles. The molecule has 0 N–H and O–H groups in total. The first-order valence-corrected chi connectivity index (χ1v) is 9.45. The van der Waals surface area contributed by atoms with E-state index in [1.54, 1.807) is 20.8 Å². The first kappa shape index (κ1) is 19.2. The van der Waals surface area contributed by atoms with Crippen LogP contribution in [0.15, 0.2) is 54.6 Å². The lowest BCUT2D eigenvalue weighted by molar-refractivity contribution is -0.135. The molecule has 0 saturated carbocycles. The van der Waals surface area contributed by atoms with Crippen LogP contribution < -0.4 is 0 Å². The maximum absolute atomic E-state index is 12.6. The van der Waals surface area contributed by atoms with E-state index in [0.29, 0.717) is 6.42 Å². The number of nitrogens with zero attached hydrogens (tertiary/aromatic N) is 1. The van der Waals surface area contributed by atoms with Gasteiger partial charge in [-0.2, -0.15) is 0 Å². The van der Waals surface area contributed by atoms with Crippen molar-refractivity contribution in [2.24, 2.45) is 0 Å². The average molecular weight is 365 g/mol. The molecule has 3 rings (SSSR count). The van der Waals surface area contributed by atoms with Crippen molar-refractivity contribution in [3.63, 3.8) is 0 Å². The number of hydrogen-bond donors (Lipinski definition) is 0. The highest BCUT2D eigenvalue weighted by molar-refractivity contribution is 5.93. The SMILES string of the molecule is C[C@H]1C[C@@H](c2ccc(-c3ccccc3)cc2)CC(=O)N1C(=O)OC(C)(C)C. The van der Waals surface area contributed by atoms with Crippen molar-refractivity contribution in [3.05, 3.63) is 60.2 Å². The Morgan fingerprint density at radius 3 is 2.15 bits per heavy atom. The zero-order valence-corrected chi connectivity index (χ0v) is 16.4.